The van der Waals surface area contributed by atoms with Crippen molar-refractivity contribution in [3.63, 3.8) is 0 Å². The summed E-state index contributed by atoms with van der Waals surface area (Å²) in [5.74, 6) is 1.42. The minimum atomic E-state index is -0.550. The Bertz CT molecular complexity index is 618. The lowest BCUT2D eigenvalue weighted by Crippen LogP contribution is -2.48. The van der Waals surface area contributed by atoms with Gasteiger partial charge in [0, 0.05) is 17.8 Å². The molecular weight excluding hydrogens is 266 g/mol. The second-order valence-electron chi connectivity index (χ2n) is 5.74. The van der Waals surface area contributed by atoms with E-state index in [1.54, 1.807) is 13.3 Å². The first-order chi connectivity index (χ1) is 10.1. The maximum Gasteiger partial charge on any atom is 0.223 e. The van der Waals surface area contributed by atoms with E-state index in [2.05, 4.69) is 15.3 Å². The van der Waals surface area contributed by atoms with Crippen molar-refractivity contribution in [1.29, 1.82) is 0 Å². The number of benzene rings is 1. The molecule has 1 aliphatic rings. The van der Waals surface area contributed by atoms with Crippen molar-refractivity contribution in [2.75, 3.05) is 12.4 Å². The summed E-state index contributed by atoms with van der Waals surface area (Å²) in [4.78, 5) is 8.76. The van der Waals surface area contributed by atoms with Crippen LogP contribution < -0.4 is 10.1 Å². The van der Waals surface area contributed by atoms with E-state index < -0.39 is 5.60 Å². The fourth-order valence-corrected chi connectivity index (χ4v) is 2.64. The molecule has 21 heavy (non-hydrogen) atoms. The molecule has 0 spiro atoms. The van der Waals surface area contributed by atoms with E-state index in [1.807, 2.05) is 37.3 Å². The Morgan fingerprint density at radius 2 is 1.95 bits per heavy atom. The fraction of sp³-hybridized carbons (Fsp3) is 0.375. The van der Waals surface area contributed by atoms with Gasteiger partial charge in [0.1, 0.15) is 5.75 Å². The van der Waals surface area contributed by atoms with Crippen LogP contribution in [-0.4, -0.2) is 33.8 Å². The highest BCUT2D eigenvalue weighted by atomic mass is 16.5. The first-order valence-electron chi connectivity index (χ1n) is 7.02. The zero-order valence-electron chi connectivity index (χ0n) is 12.2. The quantitative estimate of drug-likeness (QED) is 0.903. The van der Waals surface area contributed by atoms with Gasteiger partial charge < -0.3 is 15.2 Å². The molecule has 5 nitrogen and oxygen atoms in total. The number of aromatic nitrogens is 2. The number of nitrogens with one attached hydrogen (secondary N) is 1. The zero-order valence-corrected chi connectivity index (χ0v) is 12.2. The van der Waals surface area contributed by atoms with Crippen molar-refractivity contribution in [2.45, 2.75) is 31.4 Å². The molecule has 1 aromatic heterocycles. The Morgan fingerprint density at radius 1 is 1.24 bits per heavy atom. The number of aliphatic hydroxyl groups is 1. The molecule has 1 heterocycles. The highest BCUT2D eigenvalue weighted by Gasteiger charge is 2.38. The standard InChI is InChI=1S/C16H19N3O2/c1-16(20)9-12(10-16)18-15-17-8-7-14(19-15)11-3-5-13(21-2)6-4-11/h3-8,12,20H,9-10H2,1-2H3,(H,17,18,19). The third-order valence-corrected chi connectivity index (χ3v) is 3.75. The Balaban J connectivity index is 1.73. The molecule has 5 heteroatoms. The topological polar surface area (TPSA) is 67.3 Å². The first kappa shape index (κ1) is 13.8. The lowest BCUT2D eigenvalue weighted by molar-refractivity contribution is -0.0236. The molecule has 1 saturated carbocycles. The number of hydrogen-bond acceptors (Lipinski definition) is 5. The van der Waals surface area contributed by atoms with E-state index in [4.69, 9.17) is 4.74 Å². The summed E-state index contributed by atoms with van der Waals surface area (Å²) in [5, 5.41) is 13.0. The third kappa shape index (κ3) is 3.13. The molecule has 0 saturated heterocycles. The first-order valence-corrected chi connectivity index (χ1v) is 7.02. The maximum absolute atomic E-state index is 9.75. The van der Waals surface area contributed by atoms with Gasteiger partial charge in [-0.05, 0) is 50.1 Å². The minimum absolute atomic E-state index is 0.242. The van der Waals surface area contributed by atoms with Gasteiger partial charge in [0.05, 0.1) is 18.4 Å². The summed E-state index contributed by atoms with van der Waals surface area (Å²) in [6.45, 7) is 1.85. The van der Waals surface area contributed by atoms with Crippen LogP contribution >= 0.6 is 0 Å². The van der Waals surface area contributed by atoms with Crippen LogP contribution in [0.3, 0.4) is 0 Å². The summed E-state index contributed by atoms with van der Waals surface area (Å²) in [7, 11) is 1.65. The number of rotatable bonds is 4. The molecule has 0 aliphatic heterocycles. The van der Waals surface area contributed by atoms with Crippen LogP contribution in [0.25, 0.3) is 11.3 Å². The second-order valence-corrected chi connectivity index (χ2v) is 5.74. The van der Waals surface area contributed by atoms with E-state index in [-0.39, 0.29) is 6.04 Å². The monoisotopic (exact) mass is 285 g/mol. The van der Waals surface area contributed by atoms with Gasteiger partial charge in [-0.1, -0.05) is 0 Å². The molecule has 2 aromatic rings. The van der Waals surface area contributed by atoms with Crippen LogP contribution in [0.15, 0.2) is 36.5 Å². The van der Waals surface area contributed by atoms with Crippen molar-refractivity contribution >= 4 is 5.95 Å². The predicted octanol–water partition coefficient (Wildman–Crippen LogP) is 2.48. The summed E-state index contributed by atoms with van der Waals surface area (Å²) in [6, 6.07) is 9.88. The number of methoxy groups -OCH3 is 1. The fourth-order valence-electron chi connectivity index (χ4n) is 2.64. The van der Waals surface area contributed by atoms with Gasteiger partial charge in [-0.25, -0.2) is 9.97 Å². The van der Waals surface area contributed by atoms with E-state index in [0.717, 1.165) is 29.8 Å². The molecule has 2 N–H and O–H groups in total. The molecule has 0 amide bonds. The van der Waals surface area contributed by atoms with Crippen LogP contribution in [-0.2, 0) is 0 Å². The van der Waals surface area contributed by atoms with E-state index in [9.17, 15) is 5.11 Å². The molecule has 1 aliphatic carbocycles. The third-order valence-electron chi connectivity index (χ3n) is 3.75. The van der Waals surface area contributed by atoms with Crippen molar-refractivity contribution in [3.05, 3.63) is 36.5 Å². The summed E-state index contributed by atoms with van der Waals surface area (Å²) in [5.41, 5.74) is 1.33. The Labute approximate surface area is 124 Å². The highest BCUT2D eigenvalue weighted by Crippen LogP contribution is 2.33. The molecule has 0 atom stereocenters. The molecule has 110 valence electrons. The van der Waals surface area contributed by atoms with Gasteiger partial charge in [0.2, 0.25) is 5.95 Å². The van der Waals surface area contributed by atoms with Crippen LogP contribution in [0.5, 0.6) is 5.75 Å². The number of hydrogen-bond donors (Lipinski definition) is 2. The van der Waals surface area contributed by atoms with Crippen molar-refractivity contribution in [1.82, 2.24) is 9.97 Å². The SMILES string of the molecule is COc1ccc(-c2ccnc(NC3CC(C)(O)C3)n2)cc1. The van der Waals surface area contributed by atoms with Gasteiger partial charge >= 0.3 is 0 Å². The molecule has 1 aromatic carbocycles. The largest absolute Gasteiger partial charge is 0.497 e. The highest BCUT2D eigenvalue weighted by molar-refractivity contribution is 5.61. The van der Waals surface area contributed by atoms with Gasteiger partial charge in [-0.3, -0.25) is 0 Å². The molecule has 3 rings (SSSR count). The van der Waals surface area contributed by atoms with Crippen molar-refractivity contribution < 1.29 is 9.84 Å². The van der Waals surface area contributed by atoms with Gasteiger partial charge in [0.25, 0.3) is 0 Å². The molecule has 0 radical (unpaired) electrons. The number of ether oxygens (including phenoxy) is 1. The van der Waals surface area contributed by atoms with Crippen LogP contribution in [0.2, 0.25) is 0 Å². The van der Waals surface area contributed by atoms with E-state index >= 15 is 0 Å². The Morgan fingerprint density at radius 3 is 2.57 bits per heavy atom. The summed E-state index contributed by atoms with van der Waals surface area (Å²) < 4.78 is 5.15. The zero-order chi connectivity index (χ0) is 14.9. The molecule has 0 unspecified atom stereocenters. The normalized spacial score (nSPS) is 24.2. The lowest BCUT2D eigenvalue weighted by Gasteiger charge is -2.41. The average molecular weight is 285 g/mol. The van der Waals surface area contributed by atoms with E-state index in [1.165, 1.54) is 0 Å². The number of anilines is 1. The molecular formula is C16H19N3O2. The molecule has 1 fully saturated rings. The molecule has 0 bridgehead atoms. The van der Waals surface area contributed by atoms with Gasteiger partial charge in [-0.15, -0.1) is 0 Å². The van der Waals surface area contributed by atoms with Crippen LogP contribution in [0.4, 0.5) is 5.95 Å². The van der Waals surface area contributed by atoms with E-state index in [0.29, 0.717) is 5.95 Å². The minimum Gasteiger partial charge on any atom is -0.497 e. The maximum atomic E-state index is 9.75. The lowest BCUT2D eigenvalue weighted by atomic mass is 9.77. The van der Waals surface area contributed by atoms with Gasteiger partial charge in [-0.2, -0.15) is 0 Å². The number of nitrogens with zero attached hydrogens (tertiary/aromatic N) is 2. The van der Waals surface area contributed by atoms with Crippen LogP contribution in [0.1, 0.15) is 19.8 Å². The van der Waals surface area contributed by atoms with Gasteiger partial charge in [0.15, 0.2) is 0 Å². The van der Waals surface area contributed by atoms with Crippen molar-refractivity contribution in [3.8, 4) is 17.0 Å². The Hall–Kier alpha value is -2.14. The second kappa shape index (κ2) is 5.33. The predicted molar refractivity (Wildman–Crippen MR) is 81.3 cm³/mol. The average Bonchev–Trinajstić information content (AvgIpc) is 2.46. The summed E-state index contributed by atoms with van der Waals surface area (Å²) in [6.07, 6.45) is 3.19. The summed E-state index contributed by atoms with van der Waals surface area (Å²) >= 11 is 0. The van der Waals surface area contributed by atoms with Crippen LogP contribution in [0, 0.1) is 0 Å². The van der Waals surface area contributed by atoms with Crippen molar-refractivity contribution in [2.24, 2.45) is 0 Å². The smallest absolute Gasteiger partial charge is 0.223 e. The Kier molecular flexibility index (Phi) is 3.51.